The van der Waals surface area contributed by atoms with Gasteiger partial charge in [-0.2, -0.15) is 0 Å². The van der Waals surface area contributed by atoms with Gasteiger partial charge in [-0.05, 0) is 18.3 Å². The summed E-state index contributed by atoms with van der Waals surface area (Å²) in [7, 11) is 0. The summed E-state index contributed by atoms with van der Waals surface area (Å²) in [5, 5.41) is 21.4. The molecule has 0 bridgehead atoms. The molecule has 2 amide bonds. The van der Waals surface area contributed by atoms with E-state index in [1.807, 2.05) is 0 Å². The molecular weight excluding hydrogens is 248 g/mol. The van der Waals surface area contributed by atoms with Crippen molar-refractivity contribution in [1.82, 2.24) is 10.2 Å². The Morgan fingerprint density at radius 2 is 2.11 bits per heavy atom. The summed E-state index contributed by atoms with van der Waals surface area (Å²) in [6, 6.07) is -1.28. The van der Waals surface area contributed by atoms with Gasteiger partial charge in [0.2, 0.25) is 0 Å². The van der Waals surface area contributed by atoms with Crippen molar-refractivity contribution in [2.24, 2.45) is 11.8 Å². The van der Waals surface area contributed by atoms with Crippen LogP contribution in [0.5, 0.6) is 0 Å². The number of nitrogens with one attached hydrogen (secondary N) is 1. The molecule has 4 atom stereocenters. The van der Waals surface area contributed by atoms with Gasteiger partial charge in [0.05, 0.1) is 6.10 Å². The molecule has 0 spiro atoms. The van der Waals surface area contributed by atoms with Crippen molar-refractivity contribution in [2.75, 3.05) is 13.1 Å². The highest BCUT2D eigenvalue weighted by molar-refractivity contribution is 5.83. The van der Waals surface area contributed by atoms with Gasteiger partial charge < -0.3 is 20.4 Å². The van der Waals surface area contributed by atoms with Gasteiger partial charge in [-0.3, -0.25) is 0 Å². The molecule has 1 saturated carbocycles. The van der Waals surface area contributed by atoms with E-state index in [0.29, 0.717) is 18.4 Å². The molecule has 1 saturated heterocycles. The summed E-state index contributed by atoms with van der Waals surface area (Å²) in [5.41, 5.74) is 0. The van der Waals surface area contributed by atoms with E-state index in [0.717, 1.165) is 6.42 Å². The summed E-state index contributed by atoms with van der Waals surface area (Å²) in [5.74, 6) is 0.0421. The quantitative estimate of drug-likeness (QED) is 0.702. The van der Waals surface area contributed by atoms with E-state index in [4.69, 9.17) is 5.11 Å². The van der Waals surface area contributed by atoms with Crippen molar-refractivity contribution in [3.8, 4) is 0 Å². The molecule has 0 aromatic heterocycles. The highest BCUT2D eigenvalue weighted by Crippen LogP contribution is 2.30. The van der Waals surface area contributed by atoms with Crippen LogP contribution in [-0.4, -0.2) is 52.3 Å². The van der Waals surface area contributed by atoms with Gasteiger partial charge in [0.25, 0.3) is 0 Å². The fourth-order valence-corrected chi connectivity index (χ4v) is 3.12. The van der Waals surface area contributed by atoms with Crippen LogP contribution in [0.4, 0.5) is 4.79 Å². The molecule has 0 aromatic carbocycles. The molecular formula is C13H22N2O4. The molecule has 2 rings (SSSR count). The van der Waals surface area contributed by atoms with Crippen LogP contribution in [0.25, 0.3) is 0 Å². The number of aliphatic carboxylic acids is 1. The molecule has 1 aliphatic heterocycles. The van der Waals surface area contributed by atoms with Crippen LogP contribution in [0.1, 0.15) is 32.6 Å². The van der Waals surface area contributed by atoms with Gasteiger partial charge in [-0.1, -0.05) is 19.8 Å². The molecule has 3 N–H and O–H groups in total. The number of amides is 2. The third kappa shape index (κ3) is 3.18. The van der Waals surface area contributed by atoms with Crippen molar-refractivity contribution < 1.29 is 19.8 Å². The Morgan fingerprint density at radius 3 is 2.68 bits per heavy atom. The number of aliphatic hydroxyl groups excluding tert-OH is 1. The standard InChI is InChI=1S/C13H22N2O4/c1-8-3-2-4-9(8)6-14-13(19)15-7-10(16)5-11(15)12(17)18/h8-11,16H,2-7H2,1H3,(H,14,19)(H,17,18)/t8?,9?,10?,11-/m0/s1. The molecule has 19 heavy (non-hydrogen) atoms. The Balaban J connectivity index is 1.86. The van der Waals surface area contributed by atoms with Crippen LogP contribution in [-0.2, 0) is 4.79 Å². The zero-order chi connectivity index (χ0) is 14.0. The molecule has 108 valence electrons. The second-order valence-electron chi connectivity index (χ2n) is 5.75. The predicted molar refractivity (Wildman–Crippen MR) is 68.7 cm³/mol. The highest BCUT2D eigenvalue weighted by atomic mass is 16.4. The minimum absolute atomic E-state index is 0.100. The van der Waals surface area contributed by atoms with Crippen LogP contribution in [0.15, 0.2) is 0 Å². The number of carboxylic acid groups (broad SMARTS) is 1. The van der Waals surface area contributed by atoms with E-state index in [1.165, 1.54) is 17.7 Å². The maximum atomic E-state index is 12.0. The van der Waals surface area contributed by atoms with E-state index in [1.54, 1.807) is 0 Å². The van der Waals surface area contributed by atoms with Gasteiger partial charge in [0.1, 0.15) is 6.04 Å². The molecule has 6 heteroatoms. The number of urea groups is 1. The number of hydrogen-bond donors (Lipinski definition) is 3. The van der Waals surface area contributed by atoms with Gasteiger partial charge in [-0.15, -0.1) is 0 Å². The van der Waals surface area contributed by atoms with Gasteiger partial charge in [-0.25, -0.2) is 9.59 Å². The Morgan fingerprint density at radius 1 is 1.37 bits per heavy atom. The lowest BCUT2D eigenvalue weighted by Crippen LogP contribution is -2.47. The number of likely N-dealkylation sites (tertiary alicyclic amines) is 1. The minimum Gasteiger partial charge on any atom is -0.480 e. The van der Waals surface area contributed by atoms with Crippen molar-refractivity contribution in [2.45, 2.75) is 44.8 Å². The molecule has 2 aliphatic rings. The minimum atomic E-state index is -1.05. The lowest BCUT2D eigenvalue weighted by molar-refractivity contribution is -0.141. The fraction of sp³-hybridized carbons (Fsp3) is 0.846. The number of carboxylic acids is 1. The van der Waals surface area contributed by atoms with Crippen LogP contribution in [0.2, 0.25) is 0 Å². The van der Waals surface area contributed by atoms with Gasteiger partial charge >= 0.3 is 12.0 Å². The maximum absolute atomic E-state index is 12.0. The third-order valence-electron chi connectivity index (χ3n) is 4.38. The normalized spacial score (nSPS) is 34.5. The fourth-order valence-electron chi connectivity index (χ4n) is 3.12. The predicted octanol–water partition coefficient (Wildman–Crippen LogP) is 0.652. The van der Waals surface area contributed by atoms with Gasteiger partial charge in [0, 0.05) is 19.5 Å². The summed E-state index contributed by atoms with van der Waals surface area (Å²) < 4.78 is 0. The van der Waals surface area contributed by atoms with E-state index >= 15 is 0 Å². The first-order valence-corrected chi connectivity index (χ1v) is 6.94. The maximum Gasteiger partial charge on any atom is 0.326 e. The summed E-state index contributed by atoms with van der Waals surface area (Å²) in [6.07, 6.45) is 2.88. The topological polar surface area (TPSA) is 89.9 Å². The number of rotatable bonds is 3. The zero-order valence-corrected chi connectivity index (χ0v) is 11.2. The number of aliphatic hydroxyl groups is 1. The molecule has 1 heterocycles. The number of hydrogen-bond acceptors (Lipinski definition) is 3. The number of carbonyl (C=O) groups is 2. The van der Waals surface area contributed by atoms with Crippen molar-refractivity contribution >= 4 is 12.0 Å². The van der Waals surface area contributed by atoms with E-state index < -0.39 is 18.1 Å². The number of carbonyl (C=O) groups excluding carboxylic acids is 1. The second-order valence-corrected chi connectivity index (χ2v) is 5.75. The van der Waals surface area contributed by atoms with Crippen molar-refractivity contribution in [3.05, 3.63) is 0 Å². The first-order chi connectivity index (χ1) is 8.99. The first kappa shape index (κ1) is 14.1. The molecule has 1 aliphatic carbocycles. The van der Waals surface area contributed by atoms with Crippen LogP contribution >= 0.6 is 0 Å². The van der Waals surface area contributed by atoms with Crippen LogP contribution in [0.3, 0.4) is 0 Å². The highest BCUT2D eigenvalue weighted by Gasteiger charge is 2.39. The third-order valence-corrected chi connectivity index (χ3v) is 4.38. The Kier molecular flexibility index (Phi) is 4.29. The summed E-state index contributed by atoms with van der Waals surface area (Å²) >= 11 is 0. The monoisotopic (exact) mass is 270 g/mol. The van der Waals surface area contributed by atoms with Crippen LogP contribution in [0, 0.1) is 11.8 Å². The molecule has 3 unspecified atom stereocenters. The van der Waals surface area contributed by atoms with E-state index in [-0.39, 0.29) is 19.0 Å². The SMILES string of the molecule is CC1CCCC1CNC(=O)N1CC(O)C[C@H]1C(=O)O. The smallest absolute Gasteiger partial charge is 0.326 e. The largest absolute Gasteiger partial charge is 0.480 e. The second kappa shape index (κ2) is 5.77. The first-order valence-electron chi connectivity index (χ1n) is 6.94. The molecule has 2 fully saturated rings. The Hall–Kier alpha value is -1.30. The summed E-state index contributed by atoms with van der Waals surface area (Å²) in [6.45, 7) is 2.88. The average Bonchev–Trinajstić information content (AvgIpc) is 2.92. The van der Waals surface area contributed by atoms with Crippen LogP contribution < -0.4 is 5.32 Å². The lowest BCUT2D eigenvalue weighted by Gasteiger charge is -2.23. The number of nitrogens with zero attached hydrogens (tertiary/aromatic N) is 1. The van der Waals surface area contributed by atoms with E-state index in [9.17, 15) is 14.7 Å². The van der Waals surface area contributed by atoms with E-state index in [2.05, 4.69) is 12.2 Å². The lowest BCUT2D eigenvalue weighted by atomic mass is 9.98. The number of β-amino-alcohol motifs (C(OH)–C–C–N with tert-alkyl or cyclic N) is 1. The molecule has 0 aromatic rings. The molecule has 6 nitrogen and oxygen atoms in total. The summed E-state index contributed by atoms with van der Waals surface area (Å²) in [4.78, 5) is 24.3. The Bertz CT molecular complexity index is 361. The Labute approximate surface area is 112 Å². The molecule has 0 radical (unpaired) electrons. The van der Waals surface area contributed by atoms with Crippen molar-refractivity contribution in [1.29, 1.82) is 0 Å². The van der Waals surface area contributed by atoms with Crippen molar-refractivity contribution in [3.63, 3.8) is 0 Å². The van der Waals surface area contributed by atoms with Gasteiger partial charge in [0.15, 0.2) is 0 Å². The zero-order valence-electron chi connectivity index (χ0n) is 11.2. The average molecular weight is 270 g/mol.